The zero-order valence-corrected chi connectivity index (χ0v) is 37.0. The molecule has 0 fully saturated rings. The van der Waals surface area contributed by atoms with E-state index in [1.165, 1.54) is 77.2 Å². The molecule has 0 amide bonds. The van der Waals surface area contributed by atoms with E-state index in [0.29, 0.717) is 5.82 Å². The molecule has 0 saturated carbocycles. The van der Waals surface area contributed by atoms with Gasteiger partial charge in [0.25, 0.3) is 0 Å². The van der Waals surface area contributed by atoms with Crippen molar-refractivity contribution >= 4 is 21.5 Å². The van der Waals surface area contributed by atoms with Crippen LogP contribution in [0.25, 0.3) is 133 Å². The highest BCUT2D eigenvalue weighted by Gasteiger charge is 2.31. The number of benzene rings is 10. The highest BCUT2D eigenvalue weighted by Crippen LogP contribution is 2.58. The number of nitrogens with zero attached hydrogens (tertiary/aromatic N) is 3. The molecule has 0 radical (unpaired) electrons. The second-order valence-corrected chi connectivity index (χ2v) is 17.5. The van der Waals surface area contributed by atoms with Crippen LogP contribution in [0.5, 0.6) is 0 Å². The van der Waals surface area contributed by atoms with Crippen molar-refractivity contribution in [1.29, 1.82) is 0 Å². The second kappa shape index (κ2) is 16.4. The van der Waals surface area contributed by atoms with Gasteiger partial charge in [-0.15, -0.1) is 0 Å². The minimum Gasteiger partial charge on any atom is -0.264 e. The molecule has 1 aliphatic rings. The van der Waals surface area contributed by atoms with Crippen LogP contribution < -0.4 is 0 Å². The number of hydrogen-bond donors (Lipinski definition) is 0. The summed E-state index contributed by atoms with van der Waals surface area (Å²) in [5, 5.41) is 5.12. The lowest BCUT2D eigenvalue weighted by Crippen LogP contribution is -1.96. The Balaban J connectivity index is 0.863. The molecule has 13 rings (SSSR count). The van der Waals surface area contributed by atoms with E-state index in [1.54, 1.807) is 6.20 Å². The van der Waals surface area contributed by atoms with E-state index in [9.17, 15) is 0 Å². The molecule has 0 aliphatic heterocycles. The molecule has 68 heavy (non-hydrogen) atoms. The first kappa shape index (κ1) is 39.3. The highest BCUT2D eigenvalue weighted by atomic mass is 14.9. The molecular weight excluding hydrogens is 823 g/mol. The van der Waals surface area contributed by atoms with Crippen molar-refractivity contribution in [3.63, 3.8) is 0 Å². The standard InChI is InChI=1S/C65H41N3/c1-4-14-48(15-5-1)60-54-21-10-11-22-55(54)61(49-16-6-2-7-17-49)64-57-38-37-52(53-23-12-24-56(62(53)57)63(60)64)45-31-25-42(26-32-45)43-27-33-46(34-28-43)58-40-59(68-65(67-58)50-18-8-3-9-19-50)47-35-29-44(30-36-47)51-20-13-39-66-41-51/h1-41H. The number of hydrogen-bond acceptors (Lipinski definition) is 3. The molecule has 3 heteroatoms. The maximum Gasteiger partial charge on any atom is 0.160 e. The summed E-state index contributed by atoms with van der Waals surface area (Å²) in [7, 11) is 0. The third-order valence-electron chi connectivity index (χ3n) is 13.6. The van der Waals surface area contributed by atoms with Gasteiger partial charge in [0.15, 0.2) is 5.82 Å². The molecule has 0 spiro atoms. The number of aromatic nitrogens is 3. The molecule has 316 valence electrons. The lowest BCUT2D eigenvalue weighted by molar-refractivity contribution is 1.18. The van der Waals surface area contributed by atoms with Crippen LogP contribution in [0.15, 0.2) is 249 Å². The quantitative estimate of drug-likeness (QED) is 0.153. The molecule has 12 aromatic rings. The summed E-state index contributed by atoms with van der Waals surface area (Å²) < 4.78 is 0. The van der Waals surface area contributed by atoms with Crippen molar-refractivity contribution in [2.75, 3.05) is 0 Å². The minimum atomic E-state index is 0.697. The number of pyridine rings is 1. The Morgan fingerprint density at radius 2 is 0.676 bits per heavy atom. The monoisotopic (exact) mass is 863 g/mol. The van der Waals surface area contributed by atoms with Gasteiger partial charge in [0.1, 0.15) is 0 Å². The molecule has 3 nitrogen and oxygen atoms in total. The molecule has 1 aliphatic carbocycles. The van der Waals surface area contributed by atoms with Gasteiger partial charge in [0.05, 0.1) is 11.4 Å². The van der Waals surface area contributed by atoms with Crippen LogP contribution in [-0.4, -0.2) is 15.0 Å². The summed E-state index contributed by atoms with van der Waals surface area (Å²) in [5.74, 6) is 0.697. The fraction of sp³-hybridized carbons (Fsp3) is 0. The Bertz CT molecular complexity index is 3740. The summed E-state index contributed by atoms with van der Waals surface area (Å²) in [5.41, 5.74) is 22.0. The molecule has 0 atom stereocenters. The molecule has 2 aromatic heterocycles. The number of fused-ring (bicyclic) bond motifs is 4. The lowest BCUT2D eigenvalue weighted by Gasteiger charge is -2.20. The van der Waals surface area contributed by atoms with E-state index >= 15 is 0 Å². The summed E-state index contributed by atoms with van der Waals surface area (Å²) in [4.78, 5) is 14.5. The Morgan fingerprint density at radius 1 is 0.250 bits per heavy atom. The average molecular weight is 864 g/mol. The molecule has 2 heterocycles. The largest absolute Gasteiger partial charge is 0.264 e. The van der Waals surface area contributed by atoms with Gasteiger partial charge in [-0.25, -0.2) is 9.97 Å². The normalized spacial score (nSPS) is 11.5. The van der Waals surface area contributed by atoms with Crippen molar-refractivity contribution in [2.24, 2.45) is 0 Å². The first-order chi connectivity index (χ1) is 33.7. The van der Waals surface area contributed by atoms with Crippen LogP contribution in [0.4, 0.5) is 0 Å². The van der Waals surface area contributed by atoms with Crippen LogP contribution >= 0.6 is 0 Å². The Labute approximate surface area is 395 Å². The van der Waals surface area contributed by atoms with Gasteiger partial charge >= 0.3 is 0 Å². The zero-order valence-electron chi connectivity index (χ0n) is 37.0. The van der Waals surface area contributed by atoms with Crippen molar-refractivity contribution in [2.45, 2.75) is 0 Å². The summed E-state index contributed by atoms with van der Waals surface area (Å²) >= 11 is 0. The first-order valence-corrected chi connectivity index (χ1v) is 23.2. The molecule has 0 unspecified atom stereocenters. The maximum absolute atomic E-state index is 5.10. The molecule has 0 N–H and O–H groups in total. The fourth-order valence-electron chi connectivity index (χ4n) is 10.4. The van der Waals surface area contributed by atoms with Gasteiger partial charge < -0.3 is 0 Å². The fourth-order valence-corrected chi connectivity index (χ4v) is 10.4. The predicted octanol–water partition coefficient (Wildman–Crippen LogP) is 17.2. The Kier molecular flexibility index (Phi) is 9.50. The van der Waals surface area contributed by atoms with Crippen LogP contribution in [0.1, 0.15) is 0 Å². The summed E-state index contributed by atoms with van der Waals surface area (Å²) in [6.07, 6.45) is 3.69. The second-order valence-electron chi connectivity index (χ2n) is 17.5. The van der Waals surface area contributed by atoms with Gasteiger partial charge in [-0.2, -0.15) is 0 Å². The van der Waals surface area contributed by atoms with E-state index < -0.39 is 0 Å². The van der Waals surface area contributed by atoms with Crippen molar-refractivity contribution in [1.82, 2.24) is 15.0 Å². The SMILES string of the molecule is c1ccc(-c2nc(-c3ccc(-c4ccc(-c5ccc6c7c(cccc57)-c5c-6c(-c6ccccc6)c6ccccc6c5-c5ccccc5)cc4)cc3)cc(-c3ccc(-c4cccnc4)cc3)n2)cc1. The van der Waals surface area contributed by atoms with Crippen LogP contribution in [0, 0.1) is 0 Å². The third-order valence-corrected chi connectivity index (χ3v) is 13.6. The average Bonchev–Trinajstić information content (AvgIpc) is 3.75. The van der Waals surface area contributed by atoms with Crippen molar-refractivity contribution in [3.8, 4) is 112 Å². The molecule has 0 bridgehead atoms. The topological polar surface area (TPSA) is 38.7 Å². The van der Waals surface area contributed by atoms with Crippen molar-refractivity contribution in [3.05, 3.63) is 249 Å². The zero-order chi connectivity index (χ0) is 45.0. The van der Waals surface area contributed by atoms with Gasteiger partial charge in [-0.3, -0.25) is 4.98 Å². The third kappa shape index (κ3) is 6.71. The smallest absolute Gasteiger partial charge is 0.160 e. The molecular formula is C65H41N3. The summed E-state index contributed by atoms with van der Waals surface area (Å²) in [6.45, 7) is 0. The Hall–Kier alpha value is -9.05. The van der Waals surface area contributed by atoms with E-state index in [0.717, 1.165) is 50.3 Å². The highest BCUT2D eigenvalue weighted by molar-refractivity contribution is 6.28. The van der Waals surface area contributed by atoms with Gasteiger partial charge in [0, 0.05) is 29.1 Å². The minimum absolute atomic E-state index is 0.697. The Morgan fingerprint density at radius 3 is 1.21 bits per heavy atom. The van der Waals surface area contributed by atoms with Gasteiger partial charge in [-0.05, 0) is 112 Å². The van der Waals surface area contributed by atoms with E-state index in [-0.39, 0.29) is 0 Å². The predicted molar refractivity (Wildman–Crippen MR) is 283 cm³/mol. The lowest BCUT2D eigenvalue weighted by atomic mass is 9.82. The maximum atomic E-state index is 5.10. The van der Waals surface area contributed by atoms with E-state index in [4.69, 9.17) is 9.97 Å². The summed E-state index contributed by atoms with van der Waals surface area (Å²) in [6, 6.07) is 85.1. The van der Waals surface area contributed by atoms with Crippen molar-refractivity contribution < 1.29 is 0 Å². The van der Waals surface area contributed by atoms with Gasteiger partial charge in [-0.1, -0.05) is 224 Å². The van der Waals surface area contributed by atoms with Gasteiger partial charge in [0.2, 0.25) is 0 Å². The van der Waals surface area contributed by atoms with E-state index in [1.807, 2.05) is 30.5 Å². The van der Waals surface area contributed by atoms with E-state index in [2.05, 4.69) is 217 Å². The van der Waals surface area contributed by atoms with Crippen LogP contribution in [0.2, 0.25) is 0 Å². The first-order valence-electron chi connectivity index (χ1n) is 23.2. The molecule has 10 aromatic carbocycles. The number of rotatable bonds is 8. The molecule has 0 saturated heterocycles. The van der Waals surface area contributed by atoms with Crippen LogP contribution in [-0.2, 0) is 0 Å². The van der Waals surface area contributed by atoms with Crippen LogP contribution in [0.3, 0.4) is 0 Å².